The van der Waals surface area contributed by atoms with Crippen LogP contribution in [0.3, 0.4) is 0 Å². The molecule has 0 heterocycles. The van der Waals surface area contributed by atoms with Gasteiger partial charge in [0.1, 0.15) is 5.76 Å². The Balaban J connectivity index is 5.01. The Kier molecular flexibility index (Phi) is 8.47. The molecule has 0 fully saturated rings. The Labute approximate surface area is 143 Å². The van der Waals surface area contributed by atoms with E-state index in [0.29, 0.717) is 12.6 Å². The van der Waals surface area contributed by atoms with E-state index in [1.807, 2.05) is 0 Å². The van der Waals surface area contributed by atoms with E-state index in [2.05, 4.69) is 4.85 Å². The van der Waals surface area contributed by atoms with Crippen molar-refractivity contribution in [1.29, 1.82) is 0 Å². The van der Waals surface area contributed by atoms with Crippen LogP contribution in [-0.4, -0.2) is 29.0 Å². The zero-order valence-corrected chi connectivity index (χ0v) is 15.3. The molecule has 0 aliphatic rings. The molecule has 0 bridgehead atoms. The zero-order valence-electron chi connectivity index (χ0n) is 9.60. The van der Waals surface area contributed by atoms with Crippen LogP contribution in [0.2, 0.25) is 12.6 Å². The molecule has 1 atom stereocenters. The molecule has 0 saturated heterocycles. The van der Waals surface area contributed by atoms with Crippen LogP contribution in [0.1, 0.15) is 0 Å². The Bertz CT molecular complexity index is 395. The summed E-state index contributed by atoms with van der Waals surface area (Å²) in [5.74, 6) is -1.07. The van der Waals surface area contributed by atoms with Gasteiger partial charge in [0.2, 0.25) is 25.2 Å². The molecule has 19 heavy (non-hydrogen) atoms. The van der Waals surface area contributed by atoms with E-state index >= 15 is 0 Å². The van der Waals surface area contributed by atoms with Gasteiger partial charge in [0.15, 0.2) is 0 Å². The van der Waals surface area contributed by atoms with E-state index in [-0.39, 0.29) is 5.76 Å². The minimum Gasteiger partial charge on any atom is -0.546 e. The molecule has 0 rings (SSSR count). The van der Waals surface area contributed by atoms with Crippen LogP contribution in [0, 0.1) is 6.57 Å². The first-order valence-electron chi connectivity index (χ1n) is 4.88. The largest absolute Gasteiger partial charge is 0.546 e. The van der Waals surface area contributed by atoms with Crippen LogP contribution in [0.25, 0.3) is 4.85 Å². The van der Waals surface area contributed by atoms with Gasteiger partial charge in [0.05, 0.1) is 0 Å². The highest BCUT2D eigenvalue weighted by molar-refractivity contribution is 6.77. The summed E-state index contributed by atoms with van der Waals surface area (Å²) in [6.07, 6.45) is 0.862. The van der Waals surface area contributed by atoms with Crippen LogP contribution < -0.4 is 0 Å². The number of nitrogens with zero attached hydrogens (tertiary/aromatic N) is 1. The summed E-state index contributed by atoms with van der Waals surface area (Å²) in [7, 11) is -1.81. The molecule has 10 heteroatoms. The van der Waals surface area contributed by atoms with Crippen molar-refractivity contribution in [3.63, 3.8) is 0 Å². The first-order chi connectivity index (χ1) is 8.48. The van der Waals surface area contributed by atoms with E-state index in [1.165, 1.54) is 0 Å². The number of ketones is 1. The molecular formula is C9H9Cl6NO2Si. The van der Waals surface area contributed by atoms with Gasteiger partial charge >= 0.3 is 0 Å². The van der Waals surface area contributed by atoms with E-state index in [9.17, 15) is 4.79 Å². The second kappa shape index (κ2) is 8.19. The number of carbonyl (C=O) groups is 1. The van der Waals surface area contributed by atoms with Crippen molar-refractivity contribution in [2.75, 3.05) is 6.54 Å². The number of halogens is 6. The molecule has 0 saturated carbocycles. The second-order valence-corrected chi connectivity index (χ2v) is 10.5. The number of rotatable bonds is 5. The Morgan fingerprint density at radius 2 is 1.79 bits per heavy atom. The monoisotopic (exact) mass is 401 g/mol. The molecule has 3 nitrogen and oxygen atoms in total. The highest BCUT2D eigenvalue weighted by atomic mass is 35.6. The van der Waals surface area contributed by atoms with Gasteiger partial charge in [-0.2, -0.15) is 0 Å². The minimum absolute atomic E-state index is 0.196. The lowest BCUT2D eigenvalue weighted by atomic mass is 10.3. The summed E-state index contributed by atoms with van der Waals surface area (Å²) in [5, 5.41) is 0. The number of allylic oxidation sites excluding steroid dienone is 2. The van der Waals surface area contributed by atoms with Crippen LogP contribution in [-0.2, 0) is 9.22 Å². The predicted octanol–water partition coefficient (Wildman–Crippen LogP) is 4.47. The van der Waals surface area contributed by atoms with Crippen LogP contribution in [0.5, 0.6) is 0 Å². The number of alkyl halides is 6. The van der Waals surface area contributed by atoms with Gasteiger partial charge in [-0.15, -0.1) is 0 Å². The predicted molar refractivity (Wildman–Crippen MR) is 84.0 cm³/mol. The lowest BCUT2D eigenvalue weighted by molar-refractivity contribution is -0.113. The highest BCUT2D eigenvalue weighted by Crippen LogP contribution is 2.37. The van der Waals surface area contributed by atoms with Crippen molar-refractivity contribution in [2.24, 2.45) is 0 Å². The molecule has 0 aromatic rings. The van der Waals surface area contributed by atoms with Crippen LogP contribution >= 0.6 is 69.6 Å². The first-order valence-corrected chi connectivity index (χ1v) is 9.59. The summed E-state index contributed by atoms with van der Waals surface area (Å²) in [4.78, 5) is 14.8. The van der Waals surface area contributed by atoms with Crippen LogP contribution in [0.4, 0.5) is 0 Å². The van der Waals surface area contributed by atoms with Gasteiger partial charge in [0, 0.05) is 12.1 Å². The molecule has 0 spiro atoms. The van der Waals surface area contributed by atoms with Crippen molar-refractivity contribution in [2.45, 2.75) is 20.2 Å². The van der Waals surface area contributed by atoms with Crippen molar-refractivity contribution >= 4 is 84.4 Å². The zero-order chi connectivity index (χ0) is 15.3. The third kappa shape index (κ3) is 8.51. The van der Waals surface area contributed by atoms with E-state index in [0.717, 1.165) is 6.08 Å². The molecule has 108 valence electrons. The fraction of sp³-hybridized carbons (Fsp3) is 0.556. The maximum absolute atomic E-state index is 11.6. The number of carbonyl (C=O) groups excluding carboxylic acids is 1. The fourth-order valence-corrected chi connectivity index (χ4v) is 2.88. The molecule has 0 aliphatic heterocycles. The fourth-order valence-electron chi connectivity index (χ4n) is 0.906. The lowest BCUT2D eigenvalue weighted by Crippen LogP contribution is -2.24. The standard InChI is InChI=1S/C9H9Cl6NO2Si/c1-16-3-4-19(2)18-7(9(13,14)15)5-6(17)8(10,11)12/h5,19H,3-4H2,2H3. The van der Waals surface area contributed by atoms with Gasteiger partial charge < -0.3 is 9.27 Å². The number of hydrogen-bond acceptors (Lipinski definition) is 2. The number of hydrogen-bond donors (Lipinski definition) is 0. The van der Waals surface area contributed by atoms with Gasteiger partial charge in [-0.05, 0) is 6.55 Å². The molecule has 1 unspecified atom stereocenters. The van der Waals surface area contributed by atoms with E-state index < -0.39 is 22.4 Å². The van der Waals surface area contributed by atoms with Crippen molar-refractivity contribution in [1.82, 2.24) is 0 Å². The second-order valence-electron chi connectivity index (χ2n) is 3.47. The third-order valence-electron chi connectivity index (χ3n) is 1.80. The summed E-state index contributed by atoms with van der Waals surface area (Å²) in [6.45, 7) is 8.79. The molecule has 0 radical (unpaired) electrons. The van der Waals surface area contributed by atoms with Gasteiger partial charge in [-0.3, -0.25) is 4.79 Å². The summed E-state index contributed by atoms with van der Waals surface area (Å²) < 4.78 is 1.36. The Morgan fingerprint density at radius 1 is 1.26 bits per heavy atom. The van der Waals surface area contributed by atoms with Crippen molar-refractivity contribution < 1.29 is 9.22 Å². The summed E-state index contributed by atoms with van der Waals surface area (Å²) >= 11 is 33.3. The molecule has 0 aromatic carbocycles. The Hall–Kier alpha value is 0.657. The molecule has 0 aliphatic carbocycles. The minimum atomic E-state index is -2.15. The van der Waals surface area contributed by atoms with Crippen molar-refractivity contribution in [3.8, 4) is 0 Å². The first kappa shape index (κ1) is 19.7. The third-order valence-corrected chi connectivity index (χ3v) is 4.64. The topological polar surface area (TPSA) is 30.7 Å². The van der Waals surface area contributed by atoms with E-state index in [1.54, 1.807) is 6.55 Å². The van der Waals surface area contributed by atoms with Crippen LogP contribution in [0.15, 0.2) is 11.8 Å². The van der Waals surface area contributed by atoms with E-state index in [4.69, 9.17) is 80.6 Å². The quantitative estimate of drug-likeness (QED) is 0.223. The molecule has 0 N–H and O–H groups in total. The maximum atomic E-state index is 11.6. The average molecular weight is 404 g/mol. The Morgan fingerprint density at radius 3 is 2.16 bits per heavy atom. The smallest absolute Gasteiger partial charge is 0.252 e. The summed E-state index contributed by atoms with van der Waals surface area (Å²) in [5.41, 5.74) is 0. The lowest BCUT2D eigenvalue weighted by Gasteiger charge is -2.21. The highest BCUT2D eigenvalue weighted by Gasteiger charge is 2.35. The molecular weight excluding hydrogens is 395 g/mol. The molecule has 0 aromatic heterocycles. The normalized spacial score (nSPS) is 14.7. The van der Waals surface area contributed by atoms with Gasteiger partial charge in [-0.25, -0.2) is 6.57 Å². The SMILES string of the molecule is [C-]#[N+]CC[SiH](C)OC(=CC(=O)C(Cl)(Cl)Cl)C(Cl)(Cl)Cl. The maximum Gasteiger partial charge on any atom is 0.252 e. The average Bonchev–Trinajstić information content (AvgIpc) is 2.22. The van der Waals surface area contributed by atoms with Gasteiger partial charge in [-0.1, -0.05) is 69.6 Å². The molecule has 0 amide bonds. The summed E-state index contributed by atoms with van der Waals surface area (Å²) in [6, 6.07) is 0.545. The van der Waals surface area contributed by atoms with Crippen molar-refractivity contribution in [3.05, 3.63) is 23.3 Å². The van der Waals surface area contributed by atoms with Gasteiger partial charge in [0.25, 0.3) is 3.79 Å².